The van der Waals surface area contributed by atoms with E-state index in [0.29, 0.717) is 6.10 Å². The van der Waals surface area contributed by atoms with Crippen LogP contribution in [-0.2, 0) is 16.0 Å². The molecule has 0 N–H and O–H groups in total. The van der Waals surface area contributed by atoms with Crippen molar-refractivity contribution >= 4 is 11.3 Å². The molecule has 0 unspecified atom stereocenters. The summed E-state index contributed by atoms with van der Waals surface area (Å²) in [6, 6.07) is 4.48. The van der Waals surface area contributed by atoms with Crippen molar-refractivity contribution in [3.8, 4) is 0 Å². The summed E-state index contributed by atoms with van der Waals surface area (Å²) in [5.41, 5.74) is 0.0599. The fraction of sp³-hybridized carbons (Fsp3) is 0.750. The molecule has 0 aliphatic carbocycles. The SMILES string of the molecule is CCO[C@H]1CO[C@@]2(CCCN(Cc3ccc(C)s3)C2)C1. The van der Waals surface area contributed by atoms with Crippen LogP contribution >= 0.6 is 11.3 Å². The quantitative estimate of drug-likeness (QED) is 0.851. The first-order valence-corrected chi connectivity index (χ1v) is 8.54. The number of nitrogens with zero attached hydrogens (tertiary/aromatic N) is 1. The third-order valence-electron chi connectivity index (χ3n) is 4.37. The highest BCUT2D eigenvalue weighted by molar-refractivity contribution is 7.11. The van der Waals surface area contributed by atoms with Gasteiger partial charge in [0, 0.05) is 35.9 Å². The van der Waals surface area contributed by atoms with E-state index in [1.807, 2.05) is 11.3 Å². The molecule has 3 rings (SSSR count). The van der Waals surface area contributed by atoms with Crippen LogP contribution in [0.4, 0.5) is 0 Å². The van der Waals surface area contributed by atoms with Gasteiger partial charge in [-0.25, -0.2) is 0 Å². The molecule has 3 nitrogen and oxygen atoms in total. The van der Waals surface area contributed by atoms with Gasteiger partial charge in [0.25, 0.3) is 0 Å². The Balaban J connectivity index is 1.59. The Hall–Kier alpha value is -0.420. The summed E-state index contributed by atoms with van der Waals surface area (Å²) in [6.45, 7) is 9.15. The minimum absolute atomic E-state index is 0.0599. The van der Waals surface area contributed by atoms with Crippen molar-refractivity contribution in [1.29, 1.82) is 0 Å². The zero-order valence-electron chi connectivity index (χ0n) is 12.6. The van der Waals surface area contributed by atoms with Crippen LogP contribution in [0.15, 0.2) is 12.1 Å². The Morgan fingerprint density at radius 3 is 3.15 bits per heavy atom. The van der Waals surface area contributed by atoms with Gasteiger partial charge in [-0.05, 0) is 45.4 Å². The number of thiophene rings is 1. The van der Waals surface area contributed by atoms with Gasteiger partial charge in [0.15, 0.2) is 0 Å². The lowest BCUT2D eigenvalue weighted by atomic mass is 9.89. The van der Waals surface area contributed by atoms with Crippen LogP contribution in [0.1, 0.15) is 35.9 Å². The van der Waals surface area contributed by atoms with Crippen molar-refractivity contribution in [3.63, 3.8) is 0 Å². The van der Waals surface area contributed by atoms with Crippen molar-refractivity contribution in [2.75, 3.05) is 26.3 Å². The molecule has 0 aromatic carbocycles. The molecule has 112 valence electrons. The molecule has 0 radical (unpaired) electrons. The van der Waals surface area contributed by atoms with Crippen LogP contribution in [0.25, 0.3) is 0 Å². The second-order valence-corrected chi connectivity index (χ2v) is 7.47. The number of ether oxygens (including phenoxy) is 2. The van der Waals surface area contributed by atoms with E-state index in [-0.39, 0.29) is 5.60 Å². The van der Waals surface area contributed by atoms with Crippen LogP contribution in [0.2, 0.25) is 0 Å². The molecule has 2 saturated heterocycles. The van der Waals surface area contributed by atoms with Crippen molar-refractivity contribution in [3.05, 3.63) is 21.9 Å². The first-order valence-electron chi connectivity index (χ1n) is 7.72. The van der Waals surface area contributed by atoms with Crippen molar-refractivity contribution < 1.29 is 9.47 Å². The van der Waals surface area contributed by atoms with Crippen LogP contribution in [0, 0.1) is 6.92 Å². The number of rotatable bonds is 4. The van der Waals surface area contributed by atoms with Crippen LogP contribution in [0.5, 0.6) is 0 Å². The zero-order valence-corrected chi connectivity index (χ0v) is 13.4. The highest BCUT2D eigenvalue weighted by Gasteiger charge is 2.43. The Bertz CT molecular complexity index is 447. The molecule has 0 saturated carbocycles. The fourth-order valence-electron chi connectivity index (χ4n) is 3.55. The Morgan fingerprint density at radius 2 is 2.40 bits per heavy atom. The summed E-state index contributed by atoms with van der Waals surface area (Å²) in [6.07, 6.45) is 3.81. The van der Waals surface area contributed by atoms with Crippen molar-refractivity contribution in [2.24, 2.45) is 0 Å². The van der Waals surface area contributed by atoms with Gasteiger partial charge in [-0.3, -0.25) is 4.90 Å². The summed E-state index contributed by atoms with van der Waals surface area (Å²) in [5.74, 6) is 0. The first-order chi connectivity index (χ1) is 9.69. The number of hydrogen-bond acceptors (Lipinski definition) is 4. The van der Waals surface area contributed by atoms with Crippen LogP contribution in [0.3, 0.4) is 0 Å². The van der Waals surface area contributed by atoms with E-state index in [1.165, 1.54) is 29.1 Å². The zero-order chi connectivity index (χ0) is 14.0. The topological polar surface area (TPSA) is 21.7 Å². The maximum atomic E-state index is 6.16. The van der Waals surface area contributed by atoms with Gasteiger partial charge in [-0.15, -0.1) is 11.3 Å². The lowest BCUT2D eigenvalue weighted by Gasteiger charge is -2.39. The molecule has 1 aromatic rings. The molecule has 1 aromatic heterocycles. The second kappa shape index (κ2) is 6.14. The maximum Gasteiger partial charge on any atom is 0.0836 e. The largest absolute Gasteiger partial charge is 0.376 e. The molecule has 0 bridgehead atoms. The number of piperidine rings is 1. The molecule has 2 fully saturated rings. The third kappa shape index (κ3) is 3.25. The molecule has 1 spiro atoms. The van der Waals surface area contributed by atoms with Gasteiger partial charge in [0.05, 0.1) is 18.3 Å². The Morgan fingerprint density at radius 1 is 1.50 bits per heavy atom. The Kier molecular flexibility index (Phi) is 4.46. The molecule has 4 heteroatoms. The molecule has 2 aliphatic rings. The van der Waals surface area contributed by atoms with E-state index in [4.69, 9.17) is 9.47 Å². The van der Waals surface area contributed by atoms with Gasteiger partial charge in [-0.1, -0.05) is 0 Å². The van der Waals surface area contributed by atoms with Gasteiger partial charge in [-0.2, -0.15) is 0 Å². The van der Waals surface area contributed by atoms with Crippen LogP contribution < -0.4 is 0 Å². The number of likely N-dealkylation sites (tertiary alicyclic amines) is 1. The monoisotopic (exact) mass is 295 g/mol. The van der Waals surface area contributed by atoms with E-state index in [9.17, 15) is 0 Å². The van der Waals surface area contributed by atoms with E-state index < -0.39 is 0 Å². The molecular formula is C16H25NO2S. The summed E-state index contributed by atoms with van der Waals surface area (Å²) in [4.78, 5) is 5.43. The van der Waals surface area contributed by atoms with Gasteiger partial charge < -0.3 is 9.47 Å². The van der Waals surface area contributed by atoms with Gasteiger partial charge in [0.1, 0.15) is 0 Å². The number of hydrogen-bond donors (Lipinski definition) is 0. The standard InChI is InChI=1S/C16H25NO2S/c1-3-18-14-9-16(19-11-14)7-4-8-17(12-16)10-15-6-5-13(2)20-15/h5-6,14H,3-4,7-12H2,1-2H3/t14-,16+/m1/s1. The smallest absolute Gasteiger partial charge is 0.0836 e. The van der Waals surface area contributed by atoms with Crippen molar-refractivity contribution in [2.45, 2.75) is 51.4 Å². The minimum atomic E-state index is 0.0599. The molecule has 0 amide bonds. The highest BCUT2D eigenvalue weighted by Crippen LogP contribution is 2.36. The summed E-state index contributed by atoms with van der Waals surface area (Å²) >= 11 is 1.91. The van der Waals surface area contributed by atoms with E-state index in [0.717, 1.165) is 32.7 Å². The average Bonchev–Trinajstić information content (AvgIpc) is 2.98. The summed E-state index contributed by atoms with van der Waals surface area (Å²) in [5, 5.41) is 0. The predicted octanol–water partition coefficient (Wildman–Crippen LogP) is 3.22. The highest BCUT2D eigenvalue weighted by atomic mass is 32.1. The predicted molar refractivity (Wildman–Crippen MR) is 82.3 cm³/mol. The summed E-state index contributed by atoms with van der Waals surface area (Å²) in [7, 11) is 0. The molecule has 2 aliphatic heterocycles. The van der Waals surface area contributed by atoms with Crippen molar-refractivity contribution in [1.82, 2.24) is 4.90 Å². The van der Waals surface area contributed by atoms with Crippen LogP contribution in [-0.4, -0.2) is 42.9 Å². The lowest BCUT2D eigenvalue weighted by molar-refractivity contribution is -0.0543. The lowest BCUT2D eigenvalue weighted by Crippen LogP contribution is -2.47. The second-order valence-electron chi connectivity index (χ2n) is 6.10. The molecular weight excluding hydrogens is 270 g/mol. The fourth-order valence-corrected chi connectivity index (χ4v) is 4.48. The number of aryl methyl sites for hydroxylation is 1. The molecule has 3 heterocycles. The summed E-state index contributed by atoms with van der Waals surface area (Å²) < 4.78 is 11.9. The Labute approximate surface area is 125 Å². The molecule has 20 heavy (non-hydrogen) atoms. The third-order valence-corrected chi connectivity index (χ3v) is 5.36. The van der Waals surface area contributed by atoms with Gasteiger partial charge in [0.2, 0.25) is 0 Å². The van der Waals surface area contributed by atoms with E-state index in [1.54, 1.807) is 0 Å². The minimum Gasteiger partial charge on any atom is -0.376 e. The van der Waals surface area contributed by atoms with E-state index in [2.05, 4.69) is 30.9 Å². The molecule has 2 atom stereocenters. The van der Waals surface area contributed by atoms with Gasteiger partial charge >= 0.3 is 0 Å². The first kappa shape index (κ1) is 14.5. The maximum absolute atomic E-state index is 6.16. The normalized spacial score (nSPS) is 31.2. The average molecular weight is 295 g/mol. The van der Waals surface area contributed by atoms with E-state index >= 15 is 0 Å².